The van der Waals surface area contributed by atoms with E-state index in [1.807, 2.05) is 12.1 Å². The molecule has 3 N–H and O–H groups in total. The number of benzene rings is 1. The van der Waals surface area contributed by atoms with Crippen LogP contribution in [0.1, 0.15) is 45.4 Å². The third-order valence-corrected chi connectivity index (χ3v) is 4.32. The number of nitrogen functional groups attached to an aromatic ring is 1. The molecule has 0 aliphatic heterocycles. The Kier molecular flexibility index (Phi) is 6.05. The number of rotatable bonds is 6. The summed E-state index contributed by atoms with van der Waals surface area (Å²) in [4.78, 5) is 14.5. The zero-order valence-electron chi connectivity index (χ0n) is 13.0. The molecule has 1 amide bonds. The topological polar surface area (TPSA) is 58.4 Å². The molecule has 4 nitrogen and oxygen atoms in total. The number of carbonyl (C=O) groups excluding carboxylic acids is 1. The number of hydrogen-bond donors (Lipinski definition) is 2. The number of amides is 1. The van der Waals surface area contributed by atoms with Gasteiger partial charge in [0.05, 0.1) is 0 Å². The number of anilines is 2. The smallest absolute Gasteiger partial charge is 0.225 e. The number of nitrogens with zero attached hydrogens (tertiary/aromatic N) is 1. The molecule has 21 heavy (non-hydrogen) atoms. The fourth-order valence-corrected chi connectivity index (χ4v) is 3.08. The second kappa shape index (κ2) is 8.03. The van der Waals surface area contributed by atoms with E-state index in [4.69, 9.17) is 5.73 Å². The third kappa shape index (κ3) is 5.05. The fourth-order valence-electron chi connectivity index (χ4n) is 3.08. The van der Waals surface area contributed by atoms with Crippen molar-refractivity contribution >= 4 is 17.3 Å². The van der Waals surface area contributed by atoms with Gasteiger partial charge in [0.15, 0.2) is 0 Å². The Balaban J connectivity index is 1.77. The molecule has 2 rings (SSSR count). The molecule has 0 radical (unpaired) electrons. The van der Waals surface area contributed by atoms with Gasteiger partial charge in [-0.15, -0.1) is 0 Å². The Morgan fingerprint density at radius 3 is 2.52 bits per heavy atom. The first-order valence-electron chi connectivity index (χ1n) is 8.08. The molecule has 0 atom stereocenters. The Hall–Kier alpha value is -1.55. The van der Waals surface area contributed by atoms with Crippen LogP contribution in [0.3, 0.4) is 0 Å². The van der Waals surface area contributed by atoms with E-state index in [0.29, 0.717) is 18.2 Å². The predicted molar refractivity (Wildman–Crippen MR) is 88.2 cm³/mol. The highest BCUT2D eigenvalue weighted by Crippen LogP contribution is 2.22. The van der Waals surface area contributed by atoms with Gasteiger partial charge in [-0.3, -0.25) is 4.79 Å². The van der Waals surface area contributed by atoms with Gasteiger partial charge < -0.3 is 16.0 Å². The molecule has 1 fully saturated rings. The normalized spacial score (nSPS) is 16.1. The van der Waals surface area contributed by atoms with Crippen molar-refractivity contribution in [1.82, 2.24) is 4.90 Å². The molecule has 0 bridgehead atoms. The average Bonchev–Trinajstić information content (AvgIpc) is 2.51. The van der Waals surface area contributed by atoms with Gasteiger partial charge >= 0.3 is 0 Å². The Morgan fingerprint density at radius 2 is 1.90 bits per heavy atom. The van der Waals surface area contributed by atoms with Crippen LogP contribution in [-0.2, 0) is 4.79 Å². The van der Waals surface area contributed by atoms with Crippen molar-refractivity contribution in [1.29, 1.82) is 0 Å². The first-order chi connectivity index (χ1) is 10.2. The first kappa shape index (κ1) is 15.8. The Morgan fingerprint density at radius 1 is 1.24 bits per heavy atom. The summed E-state index contributed by atoms with van der Waals surface area (Å²) >= 11 is 0. The number of nitrogens with one attached hydrogen (secondary N) is 1. The van der Waals surface area contributed by atoms with Gasteiger partial charge in [0.1, 0.15) is 0 Å². The maximum Gasteiger partial charge on any atom is 0.225 e. The lowest BCUT2D eigenvalue weighted by Gasteiger charge is -2.33. The van der Waals surface area contributed by atoms with Crippen molar-refractivity contribution in [3.05, 3.63) is 24.3 Å². The number of carbonyl (C=O) groups is 1. The molecule has 1 aromatic carbocycles. The summed E-state index contributed by atoms with van der Waals surface area (Å²) in [5, 5.41) is 2.93. The van der Waals surface area contributed by atoms with Crippen LogP contribution in [0.2, 0.25) is 0 Å². The second-order valence-corrected chi connectivity index (χ2v) is 5.84. The SMILES string of the molecule is CCN(CCC(=O)Nc1ccc(N)cc1)C1CCCCC1. The summed E-state index contributed by atoms with van der Waals surface area (Å²) in [6.45, 7) is 4.06. The van der Waals surface area contributed by atoms with Crippen molar-refractivity contribution in [2.45, 2.75) is 51.5 Å². The summed E-state index contributed by atoms with van der Waals surface area (Å²) in [6, 6.07) is 7.96. The summed E-state index contributed by atoms with van der Waals surface area (Å²) in [7, 11) is 0. The van der Waals surface area contributed by atoms with Crippen LogP contribution in [0.5, 0.6) is 0 Å². The van der Waals surface area contributed by atoms with E-state index in [1.54, 1.807) is 12.1 Å². The molecule has 1 saturated carbocycles. The fraction of sp³-hybridized carbons (Fsp3) is 0.588. The molecule has 0 heterocycles. The summed E-state index contributed by atoms with van der Waals surface area (Å²) in [6.07, 6.45) is 7.15. The lowest BCUT2D eigenvalue weighted by molar-refractivity contribution is -0.116. The van der Waals surface area contributed by atoms with E-state index < -0.39 is 0 Å². The van der Waals surface area contributed by atoms with Crippen LogP contribution in [-0.4, -0.2) is 29.9 Å². The highest BCUT2D eigenvalue weighted by atomic mass is 16.1. The van der Waals surface area contributed by atoms with Crippen molar-refractivity contribution in [2.75, 3.05) is 24.1 Å². The summed E-state index contributed by atoms with van der Waals surface area (Å²) in [5.74, 6) is 0.0778. The Bertz CT molecular complexity index is 438. The van der Waals surface area contributed by atoms with Crippen LogP contribution < -0.4 is 11.1 Å². The van der Waals surface area contributed by atoms with Gasteiger partial charge in [0.2, 0.25) is 5.91 Å². The summed E-state index contributed by atoms with van der Waals surface area (Å²) in [5.41, 5.74) is 7.16. The molecule has 0 unspecified atom stereocenters. The van der Waals surface area contributed by atoms with Gasteiger partial charge in [0, 0.05) is 30.4 Å². The number of nitrogens with two attached hydrogens (primary N) is 1. The molecular formula is C17H27N3O. The van der Waals surface area contributed by atoms with Crippen LogP contribution in [0, 0.1) is 0 Å². The maximum absolute atomic E-state index is 12.0. The minimum absolute atomic E-state index is 0.0778. The van der Waals surface area contributed by atoms with E-state index in [2.05, 4.69) is 17.1 Å². The minimum atomic E-state index is 0.0778. The van der Waals surface area contributed by atoms with Crippen molar-refractivity contribution < 1.29 is 4.79 Å². The van der Waals surface area contributed by atoms with Crippen LogP contribution in [0.25, 0.3) is 0 Å². The van der Waals surface area contributed by atoms with Crippen molar-refractivity contribution in [3.63, 3.8) is 0 Å². The highest BCUT2D eigenvalue weighted by molar-refractivity contribution is 5.90. The van der Waals surface area contributed by atoms with Gasteiger partial charge in [0.25, 0.3) is 0 Å². The number of hydrogen-bond acceptors (Lipinski definition) is 3. The molecule has 116 valence electrons. The van der Waals surface area contributed by atoms with Gasteiger partial charge in [-0.2, -0.15) is 0 Å². The molecule has 0 aromatic heterocycles. The average molecular weight is 289 g/mol. The predicted octanol–water partition coefficient (Wildman–Crippen LogP) is 3.25. The van der Waals surface area contributed by atoms with Crippen LogP contribution >= 0.6 is 0 Å². The van der Waals surface area contributed by atoms with Gasteiger partial charge in [-0.25, -0.2) is 0 Å². The Labute approximate surface area is 127 Å². The van der Waals surface area contributed by atoms with Crippen molar-refractivity contribution in [3.8, 4) is 0 Å². The van der Waals surface area contributed by atoms with E-state index in [0.717, 1.165) is 18.8 Å². The van der Waals surface area contributed by atoms with E-state index in [-0.39, 0.29) is 5.91 Å². The standard InChI is InChI=1S/C17H27N3O/c1-2-20(16-6-4-3-5-7-16)13-12-17(21)19-15-10-8-14(18)9-11-15/h8-11,16H,2-7,12-13,18H2,1H3,(H,19,21). The first-order valence-corrected chi connectivity index (χ1v) is 8.08. The van der Waals surface area contributed by atoms with Crippen LogP contribution in [0.4, 0.5) is 11.4 Å². The molecule has 4 heteroatoms. The lowest BCUT2D eigenvalue weighted by atomic mass is 9.94. The molecule has 1 aromatic rings. The maximum atomic E-state index is 12.0. The monoisotopic (exact) mass is 289 g/mol. The van der Waals surface area contributed by atoms with E-state index in [1.165, 1.54) is 32.1 Å². The largest absolute Gasteiger partial charge is 0.399 e. The molecule has 0 saturated heterocycles. The molecule has 1 aliphatic rings. The molecule has 0 spiro atoms. The van der Waals surface area contributed by atoms with Crippen LogP contribution in [0.15, 0.2) is 24.3 Å². The zero-order chi connectivity index (χ0) is 15.1. The lowest BCUT2D eigenvalue weighted by Crippen LogP contribution is -2.38. The molecular weight excluding hydrogens is 262 g/mol. The molecule has 1 aliphatic carbocycles. The highest BCUT2D eigenvalue weighted by Gasteiger charge is 2.20. The second-order valence-electron chi connectivity index (χ2n) is 5.84. The van der Waals surface area contributed by atoms with E-state index >= 15 is 0 Å². The van der Waals surface area contributed by atoms with E-state index in [9.17, 15) is 4.79 Å². The zero-order valence-corrected chi connectivity index (χ0v) is 13.0. The summed E-state index contributed by atoms with van der Waals surface area (Å²) < 4.78 is 0. The van der Waals surface area contributed by atoms with Gasteiger partial charge in [-0.05, 0) is 43.7 Å². The third-order valence-electron chi connectivity index (χ3n) is 4.32. The van der Waals surface area contributed by atoms with Crippen molar-refractivity contribution in [2.24, 2.45) is 0 Å². The minimum Gasteiger partial charge on any atom is -0.399 e. The van der Waals surface area contributed by atoms with Gasteiger partial charge in [-0.1, -0.05) is 26.2 Å². The quantitative estimate of drug-likeness (QED) is 0.790.